The van der Waals surface area contributed by atoms with Crippen LogP contribution in [0.1, 0.15) is 16.7 Å². The first kappa shape index (κ1) is 14.3. The van der Waals surface area contributed by atoms with Crippen molar-refractivity contribution in [3.63, 3.8) is 0 Å². The highest BCUT2D eigenvalue weighted by atomic mass is 32.1. The Morgan fingerprint density at radius 2 is 2.23 bits per heavy atom. The van der Waals surface area contributed by atoms with Crippen LogP contribution >= 0.6 is 11.3 Å². The topological polar surface area (TPSA) is 81.1 Å². The molecule has 0 aliphatic rings. The van der Waals surface area contributed by atoms with Crippen molar-refractivity contribution in [2.24, 2.45) is 5.10 Å². The van der Waals surface area contributed by atoms with E-state index < -0.39 is 0 Å². The van der Waals surface area contributed by atoms with Crippen molar-refractivity contribution in [2.45, 2.75) is 13.8 Å². The predicted molar refractivity (Wildman–Crippen MR) is 90.8 cm³/mol. The first-order valence-electron chi connectivity index (χ1n) is 6.75. The molecule has 112 valence electrons. The van der Waals surface area contributed by atoms with Crippen LogP contribution in [0.3, 0.4) is 0 Å². The van der Waals surface area contributed by atoms with Crippen molar-refractivity contribution in [3.8, 4) is 5.69 Å². The number of nitrogens with zero attached hydrogens (tertiary/aromatic N) is 4. The predicted octanol–water partition coefficient (Wildman–Crippen LogP) is 2.97. The second-order valence-corrected chi connectivity index (χ2v) is 5.77. The van der Waals surface area contributed by atoms with Gasteiger partial charge in [0.25, 0.3) is 0 Å². The molecule has 3 rings (SSSR count). The molecule has 6 nitrogen and oxygen atoms in total. The number of nitrogen functional groups attached to an aromatic ring is 1. The maximum Gasteiger partial charge on any atom is 0.205 e. The van der Waals surface area contributed by atoms with E-state index in [0.29, 0.717) is 10.9 Å². The molecule has 0 fully saturated rings. The molecule has 0 saturated carbocycles. The van der Waals surface area contributed by atoms with Gasteiger partial charge in [-0.2, -0.15) is 10.2 Å². The van der Waals surface area contributed by atoms with Crippen LogP contribution in [0.15, 0.2) is 41.1 Å². The second-order valence-electron chi connectivity index (χ2n) is 4.91. The van der Waals surface area contributed by atoms with Crippen molar-refractivity contribution >= 4 is 28.5 Å². The van der Waals surface area contributed by atoms with Crippen molar-refractivity contribution in [1.29, 1.82) is 0 Å². The quantitative estimate of drug-likeness (QED) is 0.573. The summed E-state index contributed by atoms with van der Waals surface area (Å²) in [5.74, 6) is 0.492. The Balaban J connectivity index is 1.92. The van der Waals surface area contributed by atoms with Crippen LogP contribution in [0, 0.1) is 13.8 Å². The van der Waals surface area contributed by atoms with Crippen LogP contribution in [0.5, 0.6) is 0 Å². The van der Waals surface area contributed by atoms with E-state index in [-0.39, 0.29) is 0 Å². The molecule has 22 heavy (non-hydrogen) atoms. The molecule has 0 aliphatic carbocycles. The molecule has 2 heterocycles. The number of nitrogens with one attached hydrogen (secondary N) is 1. The molecule has 0 unspecified atom stereocenters. The van der Waals surface area contributed by atoms with E-state index in [9.17, 15) is 0 Å². The smallest absolute Gasteiger partial charge is 0.205 e. The highest BCUT2D eigenvalue weighted by Gasteiger charge is 2.07. The summed E-state index contributed by atoms with van der Waals surface area (Å²) in [5.41, 5.74) is 12.8. The van der Waals surface area contributed by atoms with E-state index in [1.807, 2.05) is 16.9 Å². The second kappa shape index (κ2) is 5.98. The van der Waals surface area contributed by atoms with Gasteiger partial charge in [-0.15, -0.1) is 11.3 Å². The van der Waals surface area contributed by atoms with Gasteiger partial charge in [-0.3, -0.25) is 5.43 Å². The fourth-order valence-electron chi connectivity index (χ4n) is 2.21. The lowest BCUT2D eigenvalue weighted by Crippen LogP contribution is -2.03. The Morgan fingerprint density at radius 1 is 1.36 bits per heavy atom. The van der Waals surface area contributed by atoms with E-state index in [0.717, 1.165) is 16.8 Å². The minimum Gasteiger partial charge on any atom is -0.383 e. The molecule has 0 spiro atoms. The normalized spacial score (nSPS) is 11.2. The molecule has 0 bridgehead atoms. The third-order valence-electron chi connectivity index (χ3n) is 3.14. The molecule has 7 heteroatoms. The maximum atomic E-state index is 5.59. The van der Waals surface area contributed by atoms with Crippen molar-refractivity contribution < 1.29 is 0 Å². The third kappa shape index (κ3) is 2.99. The summed E-state index contributed by atoms with van der Waals surface area (Å²) in [6.45, 7) is 4.13. The van der Waals surface area contributed by atoms with Crippen LogP contribution in [-0.4, -0.2) is 21.0 Å². The van der Waals surface area contributed by atoms with Gasteiger partial charge < -0.3 is 5.73 Å². The average molecular weight is 312 g/mol. The first-order chi connectivity index (χ1) is 10.6. The molecular formula is C15H16N6S. The number of aryl methyl sites for hydroxylation is 2. The Kier molecular flexibility index (Phi) is 3.88. The summed E-state index contributed by atoms with van der Waals surface area (Å²) in [5, 5.41) is 11.0. The standard InChI is InChI=1S/C15H16N6S/c1-10-6-11(2)12(13(7-10)21-5-3-4-18-21)8-17-20-15-19-14(16)9-22-15/h3-9H,16H2,1-2H3,(H,19,20). The van der Waals surface area contributed by atoms with Crippen LogP contribution in [0.4, 0.5) is 10.9 Å². The SMILES string of the molecule is Cc1cc(C)c(C=NNc2nc(N)cs2)c(-n2cccn2)c1. The summed E-state index contributed by atoms with van der Waals surface area (Å²) in [6, 6.07) is 6.10. The summed E-state index contributed by atoms with van der Waals surface area (Å²) < 4.78 is 1.84. The lowest BCUT2D eigenvalue weighted by atomic mass is 10.0. The van der Waals surface area contributed by atoms with Crippen molar-refractivity contribution in [3.05, 3.63) is 52.7 Å². The van der Waals surface area contributed by atoms with E-state index in [1.54, 1.807) is 17.8 Å². The number of hydrogen-bond acceptors (Lipinski definition) is 6. The number of hydrogen-bond donors (Lipinski definition) is 2. The van der Waals surface area contributed by atoms with Gasteiger partial charge in [-0.05, 0) is 37.1 Å². The molecule has 2 aromatic heterocycles. The zero-order valence-corrected chi connectivity index (χ0v) is 13.1. The van der Waals surface area contributed by atoms with Gasteiger partial charge in [0, 0.05) is 23.3 Å². The lowest BCUT2D eigenvalue weighted by Gasteiger charge is -2.10. The van der Waals surface area contributed by atoms with E-state index in [2.05, 4.69) is 46.6 Å². The van der Waals surface area contributed by atoms with Crippen LogP contribution < -0.4 is 11.2 Å². The number of rotatable bonds is 4. The average Bonchev–Trinajstić information content (AvgIpc) is 3.12. The minimum absolute atomic E-state index is 0.492. The fourth-order valence-corrected chi connectivity index (χ4v) is 2.76. The fraction of sp³-hybridized carbons (Fsp3) is 0.133. The molecule has 3 N–H and O–H groups in total. The van der Waals surface area contributed by atoms with Gasteiger partial charge in [-0.1, -0.05) is 6.07 Å². The lowest BCUT2D eigenvalue weighted by molar-refractivity contribution is 0.876. The number of nitrogens with two attached hydrogens (primary N) is 1. The van der Waals surface area contributed by atoms with E-state index >= 15 is 0 Å². The van der Waals surface area contributed by atoms with Gasteiger partial charge in [0.05, 0.1) is 11.9 Å². The van der Waals surface area contributed by atoms with Gasteiger partial charge in [0.1, 0.15) is 5.82 Å². The zero-order chi connectivity index (χ0) is 15.5. The maximum absolute atomic E-state index is 5.59. The molecule has 0 saturated heterocycles. The van der Waals surface area contributed by atoms with Crippen LogP contribution in [-0.2, 0) is 0 Å². The van der Waals surface area contributed by atoms with Crippen LogP contribution in [0.2, 0.25) is 0 Å². The van der Waals surface area contributed by atoms with Gasteiger partial charge >= 0.3 is 0 Å². The molecule has 3 aromatic rings. The van der Waals surface area contributed by atoms with Gasteiger partial charge in [-0.25, -0.2) is 9.67 Å². The molecule has 0 radical (unpaired) electrons. The van der Waals surface area contributed by atoms with Crippen molar-refractivity contribution in [1.82, 2.24) is 14.8 Å². The third-order valence-corrected chi connectivity index (χ3v) is 3.90. The number of thiazole rings is 1. The van der Waals surface area contributed by atoms with Gasteiger partial charge in [0.2, 0.25) is 5.13 Å². The van der Waals surface area contributed by atoms with E-state index in [4.69, 9.17) is 5.73 Å². The Morgan fingerprint density at radius 3 is 2.91 bits per heavy atom. The number of hydrazone groups is 1. The number of anilines is 2. The molecular weight excluding hydrogens is 296 g/mol. The summed E-state index contributed by atoms with van der Waals surface area (Å²) in [4.78, 5) is 4.10. The van der Waals surface area contributed by atoms with E-state index in [1.165, 1.54) is 16.9 Å². The van der Waals surface area contributed by atoms with Crippen molar-refractivity contribution in [2.75, 3.05) is 11.2 Å². The highest BCUT2D eigenvalue weighted by molar-refractivity contribution is 7.14. The van der Waals surface area contributed by atoms with Crippen LogP contribution in [0.25, 0.3) is 5.69 Å². The molecule has 1 aromatic carbocycles. The number of aromatic nitrogens is 3. The monoisotopic (exact) mass is 312 g/mol. The molecule has 0 amide bonds. The first-order valence-corrected chi connectivity index (χ1v) is 7.63. The summed E-state index contributed by atoms with van der Waals surface area (Å²) in [7, 11) is 0. The van der Waals surface area contributed by atoms with Gasteiger partial charge in [0.15, 0.2) is 0 Å². The summed E-state index contributed by atoms with van der Waals surface area (Å²) in [6.07, 6.45) is 5.46. The highest BCUT2D eigenvalue weighted by Crippen LogP contribution is 2.20. The minimum atomic E-state index is 0.492. The summed E-state index contributed by atoms with van der Waals surface area (Å²) >= 11 is 1.41. The Bertz CT molecular complexity index is 804. The molecule has 0 aliphatic heterocycles. The largest absolute Gasteiger partial charge is 0.383 e. The Labute approximate surface area is 132 Å². The zero-order valence-electron chi connectivity index (χ0n) is 12.3. The number of benzene rings is 1. The Hall–Kier alpha value is -2.67. The molecule has 0 atom stereocenters.